The molecule has 0 radical (unpaired) electrons. The number of amides is 1. The summed E-state index contributed by atoms with van der Waals surface area (Å²) >= 11 is 0. The van der Waals surface area contributed by atoms with Crippen molar-refractivity contribution in [2.45, 2.75) is 19.4 Å². The van der Waals surface area contributed by atoms with E-state index in [4.69, 9.17) is 0 Å². The number of nitrogens with zero attached hydrogens (tertiary/aromatic N) is 2. The lowest BCUT2D eigenvalue weighted by Gasteiger charge is -2.30. The van der Waals surface area contributed by atoms with Crippen LogP contribution in [-0.2, 0) is 11.3 Å². The Bertz CT molecular complexity index is 496. The van der Waals surface area contributed by atoms with Gasteiger partial charge in [0.1, 0.15) is 0 Å². The number of piperidine rings is 1. The Labute approximate surface area is 117 Å². The molecule has 6 heteroatoms. The van der Waals surface area contributed by atoms with Crippen LogP contribution in [0.4, 0.5) is 5.69 Å². The first-order valence-electron chi connectivity index (χ1n) is 6.77. The second-order valence-electron chi connectivity index (χ2n) is 5.09. The van der Waals surface area contributed by atoms with Gasteiger partial charge in [0.15, 0.2) is 0 Å². The minimum atomic E-state index is -0.374. The first-order chi connectivity index (χ1) is 9.60. The molecule has 1 amide bonds. The Morgan fingerprint density at radius 2 is 2.15 bits per heavy atom. The Morgan fingerprint density at radius 3 is 2.75 bits per heavy atom. The van der Waals surface area contributed by atoms with Crippen molar-refractivity contribution in [2.24, 2.45) is 5.92 Å². The van der Waals surface area contributed by atoms with Gasteiger partial charge >= 0.3 is 0 Å². The van der Waals surface area contributed by atoms with Crippen LogP contribution in [0.5, 0.6) is 0 Å². The van der Waals surface area contributed by atoms with Crippen molar-refractivity contribution in [3.63, 3.8) is 0 Å². The third kappa shape index (κ3) is 3.54. The molecule has 1 aromatic carbocycles. The molecule has 1 N–H and O–H groups in total. The van der Waals surface area contributed by atoms with Crippen LogP contribution in [-0.4, -0.2) is 35.9 Å². The van der Waals surface area contributed by atoms with Gasteiger partial charge in [0, 0.05) is 31.6 Å². The summed E-state index contributed by atoms with van der Waals surface area (Å²) in [5.41, 5.74) is 1.07. The molecular weight excluding hydrogens is 258 g/mol. The first kappa shape index (κ1) is 14.5. The van der Waals surface area contributed by atoms with Crippen molar-refractivity contribution in [3.8, 4) is 0 Å². The van der Waals surface area contributed by atoms with E-state index in [1.807, 2.05) is 6.07 Å². The van der Waals surface area contributed by atoms with Gasteiger partial charge in [-0.05, 0) is 31.5 Å². The number of hydrogen-bond donors (Lipinski definition) is 1. The molecule has 1 aromatic rings. The molecule has 1 fully saturated rings. The maximum absolute atomic E-state index is 11.5. The number of rotatable bonds is 4. The monoisotopic (exact) mass is 277 g/mol. The van der Waals surface area contributed by atoms with Crippen molar-refractivity contribution >= 4 is 11.6 Å². The predicted molar refractivity (Wildman–Crippen MR) is 75.2 cm³/mol. The zero-order chi connectivity index (χ0) is 14.5. The maximum Gasteiger partial charge on any atom is 0.269 e. The van der Waals surface area contributed by atoms with E-state index < -0.39 is 0 Å². The molecule has 0 aromatic heterocycles. The van der Waals surface area contributed by atoms with Crippen LogP contribution in [0.3, 0.4) is 0 Å². The van der Waals surface area contributed by atoms with Crippen LogP contribution in [0.2, 0.25) is 0 Å². The number of hydrogen-bond acceptors (Lipinski definition) is 4. The average Bonchev–Trinajstić information content (AvgIpc) is 2.47. The van der Waals surface area contributed by atoms with Crippen LogP contribution in [0.25, 0.3) is 0 Å². The molecule has 1 aliphatic heterocycles. The van der Waals surface area contributed by atoms with E-state index in [1.165, 1.54) is 6.07 Å². The Balaban J connectivity index is 1.91. The van der Waals surface area contributed by atoms with Gasteiger partial charge in [-0.1, -0.05) is 12.1 Å². The van der Waals surface area contributed by atoms with Gasteiger partial charge in [-0.2, -0.15) is 0 Å². The van der Waals surface area contributed by atoms with Crippen LogP contribution >= 0.6 is 0 Å². The molecule has 6 nitrogen and oxygen atoms in total. The maximum atomic E-state index is 11.5. The number of carbonyl (C=O) groups excluding carboxylic acids is 1. The predicted octanol–water partition coefficient (Wildman–Crippen LogP) is 1.55. The number of nitrogens with one attached hydrogen (secondary N) is 1. The summed E-state index contributed by atoms with van der Waals surface area (Å²) in [5, 5.41) is 13.4. The summed E-state index contributed by atoms with van der Waals surface area (Å²) in [6, 6.07) is 6.73. The summed E-state index contributed by atoms with van der Waals surface area (Å²) in [4.78, 5) is 24.2. The third-order valence-corrected chi connectivity index (χ3v) is 3.73. The minimum absolute atomic E-state index is 0.0985. The zero-order valence-corrected chi connectivity index (χ0v) is 11.5. The van der Waals surface area contributed by atoms with E-state index in [0.717, 1.165) is 31.5 Å². The molecule has 0 bridgehead atoms. The van der Waals surface area contributed by atoms with Crippen LogP contribution in [0, 0.1) is 16.0 Å². The van der Waals surface area contributed by atoms with E-state index in [2.05, 4.69) is 10.2 Å². The van der Waals surface area contributed by atoms with Crippen LogP contribution in [0.1, 0.15) is 18.4 Å². The second kappa shape index (κ2) is 6.47. The van der Waals surface area contributed by atoms with Crippen LogP contribution < -0.4 is 5.32 Å². The van der Waals surface area contributed by atoms with Crippen molar-refractivity contribution < 1.29 is 9.72 Å². The summed E-state index contributed by atoms with van der Waals surface area (Å²) in [6.45, 7) is 2.39. The molecule has 0 atom stereocenters. The van der Waals surface area contributed by atoms with Crippen LogP contribution in [0.15, 0.2) is 24.3 Å². The molecule has 0 unspecified atom stereocenters. The highest BCUT2D eigenvalue weighted by Gasteiger charge is 2.24. The fraction of sp³-hybridized carbons (Fsp3) is 0.500. The summed E-state index contributed by atoms with van der Waals surface area (Å²) in [6.07, 6.45) is 1.68. The lowest BCUT2D eigenvalue weighted by Crippen LogP contribution is -2.39. The molecule has 2 rings (SSSR count). The normalized spacial score (nSPS) is 16.9. The van der Waals surface area contributed by atoms with Crippen molar-refractivity contribution in [3.05, 3.63) is 39.9 Å². The number of non-ortho nitro benzene ring substituents is 1. The summed E-state index contributed by atoms with van der Waals surface area (Å²) in [5.74, 6) is 0.210. The van der Waals surface area contributed by atoms with Gasteiger partial charge in [0.05, 0.1) is 4.92 Å². The highest BCUT2D eigenvalue weighted by atomic mass is 16.6. The Morgan fingerprint density at radius 1 is 1.45 bits per heavy atom. The van der Waals surface area contributed by atoms with E-state index in [9.17, 15) is 14.9 Å². The molecule has 0 spiro atoms. The summed E-state index contributed by atoms with van der Waals surface area (Å²) < 4.78 is 0. The number of nitro groups is 1. The lowest BCUT2D eigenvalue weighted by molar-refractivity contribution is -0.384. The van der Waals surface area contributed by atoms with Crippen molar-refractivity contribution in [1.29, 1.82) is 0 Å². The Hall–Kier alpha value is -1.95. The lowest BCUT2D eigenvalue weighted by atomic mass is 9.95. The number of benzene rings is 1. The fourth-order valence-electron chi connectivity index (χ4n) is 2.58. The molecule has 20 heavy (non-hydrogen) atoms. The summed E-state index contributed by atoms with van der Waals surface area (Å²) in [7, 11) is 1.66. The van der Waals surface area contributed by atoms with Gasteiger partial charge < -0.3 is 5.32 Å². The van der Waals surface area contributed by atoms with E-state index >= 15 is 0 Å². The van der Waals surface area contributed by atoms with Gasteiger partial charge in [-0.25, -0.2) is 0 Å². The fourth-order valence-corrected chi connectivity index (χ4v) is 2.58. The highest BCUT2D eigenvalue weighted by molar-refractivity contribution is 5.78. The number of nitro benzene ring substituents is 1. The molecule has 1 heterocycles. The van der Waals surface area contributed by atoms with E-state index in [0.29, 0.717) is 6.54 Å². The number of carbonyl (C=O) groups is 1. The van der Waals surface area contributed by atoms with E-state index in [-0.39, 0.29) is 22.4 Å². The quantitative estimate of drug-likeness (QED) is 0.669. The topological polar surface area (TPSA) is 75.5 Å². The first-order valence-corrected chi connectivity index (χ1v) is 6.77. The van der Waals surface area contributed by atoms with Crippen molar-refractivity contribution in [2.75, 3.05) is 20.1 Å². The van der Waals surface area contributed by atoms with Gasteiger partial charge in [0.2, 0.25) is 5.91 Å². The smallest absolute Gasteiger partial charge is 0.269 e. The molecule has 1 aliphatic rings. The molecule has 1 saturated heterocycles. The van der Waals surface area contributed by atoms with Crippen molar-refractivity contribution in [1.82, 2.24) is 10.2 Å². The zero-order valence-electron chi connectivity index (χ0n) is 11.5. The standard InChI is InChI=1S/C14H19N3O3/c1-15-14(18)12-5-7-16(8-6-12)10-11-3-2-4-13(9-11)17(19)20/h2-4,9,12H,5-8,10H2,1H3,(H,15,18). The SMILES string of the molecule is CNC(=O)C1CCN(Cc2cccc([N+](=O)[O-])c2)CC1. The average molecular weight is 277 g/mol. The largest absolute Gasteiger partial charge is 0.359 e. The van der Waals surface area contributed by atoms with Gasteiger partial charge in [0.25, 0.3) is 5.69 Å². The second-order valence-corrected chi connectivity index (χ2v) is 5.09. The third-order valence-electron chi connectivity index (χ3n) is 3.73. The van der Waals surface area contributed by atoms with E-state index in [1.54, 1.807) is 19.2 Å². The minimum Gasteiger partial charge on any atom is -0.359 e. The highest BCUT2D eigenvalue weighted by Crippen LogP contribution is 2.20. The molecule has 0 aliphatic carbocycles. The number of likely N-dealkylation sites (tertiary alicyclic amines) is 1. The Kier molecular flexibility index (Phi) is 4.68. The van der Waals surface area contributed by atoms with Gasteiger partial charge in [-0.15, -0.1) is 0 Å². The van der Waals surface area contributed by atoms with Gasteiger partial charge in [-0.3, -0.25) is 19.8 Å². The molecule has 108 valence electrons. The molecule has 0 saturated carbocycles. The molecular formula is C14H19N3O3.